The summed E-state index contributed by atoms with van der Waals surface area (Å²) in [7, 11) is 0. The second kappa shape index (κ2) is 7.54. The maximum absolute atomic E-state index is 11.7. The molecule has 11 atom stereocenters. The van der Waals surface area contributed by atoms with Crippen molar-refractivity contribution in [3.05, 3.63) is 0 Å². The van der Waals surface area contributed by atoms with Gasteiger partial charge in [-0.05, 0) is 104 Å². The number of rotatable bonds is 4. The van der Waals surface area contributed by atoms with Gasteiger partial charge in [-0.25, -0.2) is 0 Å². The van der Waals surface area contributed by atoms with Crippen molar-refractivity contribution in [2.75, 3.05) is 6.61 Å². The second-order valence-corrected chi connectivity index (χ2v) is 11.6. The van der Waals surface area contributed by atoms with Crippen molar-refractivity contribution in [3.8, 4) is 0 Å². The van der Waals surface area contributed by atoms with Crippen LogP contribution in [-0.2, 0) is 0 Å². The van der Waals surface area contributed by atoms with E-state index in [2.05, 4.69) is 27.7 Å². The number of hydrogen-bond donors (Lipinski definition) is 3. The predicted molar refractivity (Wildman–Crippen MR) is 113 cm³/mol. The Kier molecular flexibility index (Phi) is 5.69. The van der Waals surface area contributed by atoms with Gasteiger partial charge in [0.2, 0.25) is 0 Å². The van der Waals surface area contributed by atoms with E-state index in [0.29, 0.717) is 58.9 Å². The molecule has 4 fully saturated rings. The molecule has 0 aromatic rings. The van der Waals surface area contributed by atoms with Crippen LogP contribution in [0.25, 0.3) is 0 Å². The zero-order valence-corrected chi connectivity index (χ0v) is 18.6. The summed E-state index contributed by atoms with van der Waals surface area (Å²) in [6, 6.07) is 0. The molecule has 4 rings (SSSR count). The molecule has 0 heterocycles. The molecule has 162 valence electrons. The zero-order valence-electron chi connectivity index (χ0n) is 18.6. The van der Waals surface area contributed by atoms with Crippen LogP contribution < -0.4 is 0 Å². The summed E-state index contributed by atoms with van der Waals surface area (Å²) in [4.78, 5) is 0. The maximum Gasteiger partial charge on any atom is 0.0605 e. The molecule has 0 spiro atoms. The molecule has 3 N–H and O–H groups in total. The molecule has 0 aliphatic heterocycles. The van der Waals surface area contributed by atoms with Gasteiger partial charge in [-0.1, -0.05) is 34.1 Å². The van der Waals surface area contributed by atoms with Crippen molar-refractivity contribution in [3.63, 3.8) is 0 Å². The second-order valence-electron chi connectivity index (χ2n) is 11.6. The SMILES string of the molecule is CC[C@H]1[C@@H](O)C2C(CC[C@@]3(C)C2CC[C@@H]3[C@H](C)CCO)C2(C)CC[C@@H](O)C[C@@H]12. The van der Waals surface area contributed by atoms with Gasteiger partial charge in [0.05, 0.1) is 12.2 Å². The summed E-state index contributed by atoms with van der Waals surface area (Å²) in [6.45, 7) is 9.92. The minimum absolute atomic E-state index is 0.167. The van der Waals surface area contributed by atoms with Crippen LogP contribution in [0.4, 0.5) is 0 Å². The molecule has 4 saturated carbocycles. The van der Waals surface area contributed by atoms with Crippen molar-refractivity contribution < 1.29 is 15.3 Å². The molecule has 0 aromatic heterocycles. The van der Waals surface area contributed by atoms with Gasteiger partial charge in [0.15, 0.2) is 0 Å². The first-order chi connectivity index (χ1) is 13.3. The third-order valence-corrected chi connectivity index (χ3v) is 10.7. The van der Waals surface area contributed by atoms with Gasteiger partial charge in [-0.3, -0.25) is 0 Å². The van der Waals surface area contributed by atoms with E-state index >= 15 is 0 Å². The lowest BCUT2D eigenvalue weighted by atomic mass is 9.41. The van der Waals surface area contributed by atoms with Crippen LogP contribution in [0.15, 0.2) is 0 Å². The fourth-order valence-electron chi connectivity index (χ4n) is 9.34. The van der Waals surface area contributed by atoms with Crippen LogP contribution in [0.2, 0.25) is 0 Å². The molecule has 3 heteroatoms. The molecule has 0 saturated heterocycles. The Morgan fingerprint density at radius 3 is 2.29 bits per heavy atom. The van der Waals surface area contributed by atoms with E-state index in [9.17, 15) is 15.3 Å². The van der Waals surface area contributed by atoms with E-state index in [1.165, 1.54) is 25.7 Å². The number of hydrogen-bond acceptors (Lipinski definition) is 3. The Bertz CT molecular complexity index is 564. The van der Waals surface area contributed by atoms with Gasteiger partial charge in [0.1, 0.15) is 0 Å². The Morgan fingerprint density at radius 1 is 0.929 bits per heavy atom. The van der Waals surface area contributed by atoms with E-state index in [1.54, 1.807) is 0 Å². The molecule has 28 heavy (non-hydrogen) atoms. The molecule has 4 aliphatic carbocycles. The quantitative estimate of drug-likeness (QED) is 0.653. The lowest BCUT2D eigenvalue weighted by Crippen LogP contribution is -2.62. The van der Waals surface area contributed by atoms with Crippen LogP contribution in [0.3, 0.4) is 0 Å². The lowest BCUT2D eigenvalue weighted by Gasteiger charge is -2.64. The molecule has 3 nitrogen and oxygen atoms in total. The Labute approximate surface area is 172 Å². The highest BCUT2D eigenvalue weighted by molar-refractivity contribution is 5.13. The third kappa shape index (κ3) is 2.94. The summed E-state index contributed by atoms with van der Waals surface area (Å²) in [6.07, 6.45) is 9.62. The zero-order chi connectivity index (χ0) is 20.3. The highest BCUT2D eigenvalue weighted by atomic mass is 16.3. The smallest absolute Gasteiger partial charge is 0.0605 e. The number of aliphatic hydroxyl groups is 3. The van der Waals surface area contributed by atoms with Gasteiger partial charge < -0.3 is 15.3 Å². The van der Waals surface area contributed by atoms with Gasteiger partial charge in [0, 0.05) is 6.61 Å². The molecule has 4 unspecified atom stereocenters. The standard InChI is InChI=1S/C25H44O3/c1-5-17-21-14-16(27)8-11-25(21,4)20-9-12-24(3)18(15(2)10-13-26)6-7-19(24)22(20)23(17)28/h15-23,26-28H,5-14H2,1-4H3/t15-,16-,17-,18-,19?,20?,21+,22?,23-,24-,25?/m1/s1. The lowest BCUT2D eigenvalue weighted by molar-refractivity contribution is -0.203. The fourth-order valence-corrected chi connectivity index (χ4v) is 9.34. The summed E-state index contributed by atoms with van der Waals surface area (Å²) >= 11 is 0. The van der Waals surface area contributed by atoms with E-state index in [-0.39, 0.29) is 12.2 Å². The maximum atomic E-state index is 11.7. The van der Waals surface area contributed by atoms with Gasteiger partial charge in [-0.2, -0.15) is 0 Å². The average molecular weight is 393 g/mol. The topological polar surface area (TPSA) is 60.7 Å². The molecular formula is C25H44O3. The van der Waals surface area contributed by atoms with Crippen molar-refractivity contribution in [1.82, 2.24) is 0 Å². The normalized spacial score (nSPS) is 54.5. The number of aliphatic hydroxyl groups excluding tert-OH is 3. The first-order valence-electron chi connectivity index (χ1n) is 12.2. The summed E-state index contributed by atoms with van der Waals surface area (Å²) in [5.74, 6) is 3.78. The Hall–Kier alpha value is -0.120. The first kappa shape index (κ1) is 21.1. The minimum atomic E-state index is -0.199. The molecular weight excluding hydrogens is 348 g/mol. The van der Waals surface area contributed by atoms with Crippen molar-refractivity contribution in [1.29, 1.82) is 0 Å². The van der Waals surface area contributed by atoms with Crippen LogP contribution in [0, 0.1) is 52.3 Å². The average Bonchev–Trinajstić information content (AvgIpc) is 3.01. The van der Waals surface area contributed by atoms with Crippen molar-refractivity contribution in [2.24, 2.45) is 52.3 Å². The van der Waals surface area contributed by atoms with Gasteiger partial charge in [-0.15, -0.1) is 0 Å². The van der Waals surface area contributed by atoms with Crippen molar-refractivity contribution in [2.45, 2.75) is 97.7 Å². The van der Waals surface area contributed by atoms with Crippen LogP contribution in [0.5, 0.6) is 0 Å². The highest BCUT2D eigenvalue weighted by Gasteiger charge is 2.64. The number of fused-ring (bicyclic) bond motifs is 5. The van der Waals surface area contributed by atoms with E-state index < -0.39 is 0 Å². The van der Waals surface area contributed by atoms with Gasteiger partial charge >= 0.3 is 0 Å². The molecule has 0 bridgehead atoms. The molecule has 4 aliphatic rings. The van der Waals surface area contributed by atoms with Crippen molar-refractivity contribution >= 4 is 0 Å². The van der Waals surface area contributed by atoms with E-state index in [4.69, 9.17) is 0 Å². The predicted octanol–water partition coefficient (Wildman–Crippen LogP) is 4.63. The Morgan fingerprint density at radius 2 is 1.61 bits per heavy atom. The van der Waals surface area contributed by atoms with E-state index in [0.717, 1.165) is 32.1 Å². The van der Waals surface area contributed by atoms with Crippen LogP contribution in [-0.4, -0.2) is 34.1 Å². The molecule has 0 radical (unpaired) electrons. The monoisotopic (exact) mass is 392 g/mol. The summed E-state index contributed by atoms with van der Waals surface area (Å²) in [5.41, 5.74) is 0.617. The summed E-state index contributed by atoms with van der Waals surface area (Å²) in [5, 5.41) is 31.6. The molecule has 0 aromatic carbocycles. The van der Waals surface area contributed by atoms with Crippen LogP contribution in [0.1, 0.15) is 85.5 Å². The molecule has 0 amide bonds. The first-order valence-corrected chi connectivity index (χ1v) is 12.2. The van der Waals surface area contributed by atoms with Gasteiger partial charge in [0.25, 0.3) is 0 Å². The largest absolute Gasteiger partial charge is 0.396 e. The van der Waals surface area contributed by atoms with E-state index in [1.807, 2.05) is 0 Å². The fraction of sp³-hybridized carbons (Fsp3) is 1.00. The summed E-state index contributed by atoms with van der Waals surface area (Å²) < 4.78 is 0. The Balaban J connectivity index is 1.67. The minimum Gasteiger partial charge on any atom is -0.396 e. The van der Waals surface area contributed by atoms with Crippen LogP contribution >= 0.6 is 0 Å². The highest BCUT2D eigenvalue weighted by Crippen LogP contribution is 2.69. The third-order valence-electron chi connectivity index (χ3n) is 10.7.